The lowest BCUT2D eigenvalue weighted by Gasteiger charge is -2.13. The van der Waals surface area contributed by atoms with Crippen molar-refractivity contribution in [3.05, 3.63) is 88.7 Å². The Kier molecular flexibility index (Phi) is 4.80. The predicted octanol–water partition coefficient (Wildman–Crippen LogP) is 2.72. The zero-order chi connectivity index (χ0) is 19.5. The molecule has 0 bridgehead atoms. The van der Waals surface area contributed by atoms with Gasteiger partial charge in [0.05, 0.1) is 12.1 Å². The van der Waals surface area contributed by atoms with E-state index >= 15 is 0 Å². The van der Waals surface area contributed by atoms with Crippen molar-refractivity contribution in [3.8, 4) is 0 Å². The SMILES string of the molecule is CC(C(=O)NCc1ccc(Cn2cccn2)cc1)n1c(=O)oc2ccccc21. The molecule has 1 amide bonds. The van der Waals surface area contributed by atoms with Crippen molar-refractivity contribution in [2.75, 3.05) is 0 Å². The highest BCUT2D eigenvalue weighted by atomic mass is 16.4. The minimum atomic E-state index is -0.671. The summed E-state index contributed by atoms with van der Waals surface area (Å²) in [4.78, 5) is 24.7. The molecule has 0 spiro atoms. The second-order valence-corrected chi connectivity index (χ2v) is 6.62. The second kappa shape index (κ2) is 7.56. The van der Waals surface area contributed by atoms with Gasteiger partial charge in [-0.15, -0.1) is 0 Å². The zero-order valence-corrected chi connectivity index (χ0v) is 15.4. The second-order valence-electron chi connectivity index (χ2n) is 6.62. The van der Waals surface area contributed by atoms with Crippen LogP contribution in [0.4, 0.5) is 0 Å². The summed E-state index contributed by atoms with van der Waals surface area (Å²) in [6, 6.07) is 16.3. The summed E-state index contributed by atoms with van der Waals surface area (Å²) in [7, 11) is 0. The number of carbonyl (C=O) groups is 1. The third-order valence-corrected chi connectivity index (χ3v) is 4.68. The van der Waals surface area contributed by atoms with Gasteiger partial charge in [0.2, 0.25) is 5.91 Å². The number of amides is 1. The van der Waals surface area contributed by atoms with Crippen LogP contribution in [0.15, 0.2) is 76.2 Å². The molecule has 4 aromatic rings. The minimum absolute atomic E-state index is 0.241. The van der Waals surface area contributed by atoms with Gasteiger partial charge in [-0.05, 0) is 36.2 Å². The molecule has 0 aliphatic carbocycles. The Balaban J connectivity index is 1.41. The van der Waals surface area contributed by atoms with Gasteiger partial charge in [0, 0.05) is 18.9 Å². The molecule has 0 aliphatic heterocycles. The van der Waals surface area contributed by atoms with E-state index in [1.54, 1.807) is 31.3 Å². The number of benzene rings is 2. The van der Waals surface area contributed by atoms with Crippen molar-refractivity contribution in [1.82, 2.24) is 19.7 Å². The van der Waals surface area contributed by atoms with Crippen LogP contribution in [0.25, 0.3) is 11.1 Å². The first-order chi connectivity index (χ1) is 13.6. The zero-order valence-electron chi connectivity index (χ0n) is 15.4. The number of rotatable bonds is 6. The number of hydrogen-bond acceptors (Lipinski definition) is 4. The van der Waals surface area contributed by atoms with Gasteiger partial charge in [0.25, 0.3) is 0 Å². The van der Waals surface area contributed by atoms with Crippen LogP contribution in [-0.2, 0) is 17.9 Å². The lowest BCUT2D eigenvalue weighted by atomic mass is 10.1. The Morgan fingerprint density at radius 2 is 1.86 bits per heavy atom. The molecular formula is C21H20N4O3. The van der Waals surface area contributed by atoms with Gasteiger partial charge in [-0.25, -0.2) is 4.79 Å². The first-order valence-electron chi connectivity index (χ1n) is 9.05. The highest BCUT2D eigenvalue weighted by molar-refractivity contribution is 5.82. The third kappa shape index (κ3) is 3.59. The van der Waals surface area contributed by atoms with Gasteiger partial charge < -0.3 is 9.73 Å². The first-order valence-corrected chi connectivity index (χ1v) is 9.05. The van der Waals surface area contributed by atoms with Gasteiger partial charge in [-0.3, -0.25) is 14.0 Å². The summed E-state index contributed by atoms with van der Waals surface area (Å²) in [5, 5.41) is 7.08. The maximum atomic E-state index is 12.6. The average molecular weight is 376 g/mol. The Bertz CT molecular complexity index is 1140. The van der Waals surface area contributed by atoms with E-state index in [9.17, 15) is 9.59 Å². The molecule has 4 rings (SSSR count). The standard InChI is InChI=1S/C21H20N4O3/c1-15(25-18-5-2-3-6-19(18)28-21(25)27)20(26)22-13-16-7-9-17(10-8-16)14-24-12-4-11-23-24/h2-12,15H,13-14H2,1H3,(H,22,26). The van der Waals surface area contributed by atoms with Crippen LogP contribution in [0.5, 0.6) is 0 Å². The van der Waals surface area contributed by atoms with Gasteiger partial charge in [0.15, 0.2) is 5.58 Å². The molecule has 2 aromatic carbocycles. The molecule has 142 valence electrons. The molecule has 1 N–H and O–H groups in total. The average Bonchev–Trinajstić information content (AvgIpc) is 3.33. The molecule has 1 unspecified atom stereocenters. The molecule has 0 fully saturated rings. The summed E-state index contributed by atoms with van der Waals surface area (Å²) < 4.78 is 8.44. The fraction of sp³-hybridized carbons (Fsp3) is 0.190. The number of nitrogens with one attached hydrogen (secondary N) is 1. The number of oxazole rings is 1. The van der Waals surface area contributed by atoms with Crippen molar-refractivity contribution in [2.24, 2.45) is 0 Å². The Labute approximate surface area is 161 Å². The van der Waals surface area contributed by atoms with E-state index in [0.717, 1.165) is 11.1 Å². The number of carbonyl (C=O) groups excluding carboxylic acids is 1. The normalized spacial score (nSPS) is 12.2. The van der Waals surface area contributed by atoms with Crippen molar-refractivity contribution in [3.63, 3.8) is 0 Å². The molecule has 28 heavy (non-hydrogen) atoms. The fourth-order valence-corrected chi connectivity index (χ4v) is 3.15. The Hall–Kier alpha value is -3.61. The van der Waals surface area contributed by atoms with Crippen LogP contribution >= 0.6 is 0 Å². The number of nitrogens with zero attached hydrogens (tertiary/aromatic N) is 3. The molecule has 2 aromatic heterocycles. The van der Waals surface area contributed by atoms with E-state index in [2.05, 4.69) is 10.4 Å². The first kappa shape index (κ1) is 17.8. The van der Waals surface area contributed by atoms with E-state index in [4.69, 9.17) is 4.42 Å². The molecule has 1 atom stereocenters. The van der Waals surface area contributed by atoms with Crippen LogP contribution in [0.1, 0.15) is 24.1 Å². The van der Waals surface area contributed by atoms with Gasteiger partial charge in [-0.1, -0.05) is 36.4 Å². The maximum absolute atomic E-state index is 12.6. The van der Waals surface area contributed by atoms with E-state index in [0.29, 0.717) is 24.2 Å². The quantitative estimate of drug-likeness (QED) is 0.561. The van der Waals surface area contributed by atoms with Crippen molar-refractivity contribution < 1.29 is 9.21 Å². The highest BCUT2D eigenvalue weighted by Gasteiger charge is 2.20. The molecule has 0 saturated heterocycles. The van der Waals surface area contributed by atoms with E-state index < -0.39 is 11.8 Å². The Morgan fingerprint density at radius 3 is 2.61 bits per heavy atom. The fourth-order valence-electron chi connectivity index (χ4n) is 3.15. The topological polar surface area (TPSA) is 82.1 Å². The lowest BCUT2D eigenvalue weighted by Crippen LogP contribution is -2.34. The summed E-state index contributed by atoms with van der Waals surface area (Å²) in [6.07, 6.45) is 3.66. The van der Waals surface area contributed by atoms with Crippen molar-refractivity contribution in [1.29, 1.82) is 0 Å². The van der Waals surface area contributed by atoms with E-state index in [1.165, 1.54) is 4.57 Å². The van der Waals surface area contributed by atoms with Crippen LogP contribution in [-0.4, -0.2) is 20.3 Å². The van der Waals surface area contributed by atoms with E-state index in [1.807, 2.05) is 47.3 Å². The van der Waals surface area contributed by atoms with Crippen molar-refractivity contribution in [2.45, 2.75) is 26.1 Å². The third-order valence-electron chi connectivity index (χ3n) is 4.68. The smallest absolute Gasteiger partial charge is 0.408 e. The van der Waals surface area contributed by atoms with Gasteiger partial charge >= 0.3 is 5.76 Å². The van der Waals surface area contributed by atoms with E-state index in [-0.39, 0.29) is 5.91 Å². The number of para-hydroxylation sites is 2. The highest BCUT2D eigenvalue weighted by Crippen LogP contribution is 2.16. The predicted molar refractivity (Wildman–Crippen MR) is 105 cm³/mol. The Morgan fingerprint density at radius 1 is 1.11 bits per heavy atom. The van der Waals surface area contributed by atoms with Crippen LogP contribution < -0.4 is 11.1 Å². The summed E-state index contributed by atoms with van der Waals surface area (Å²) in [5.41, 5.74) is 3.19. The molecular weight excluding hydrogens is 356 g/mol. The van der Waals surface area contributed by atoms with Crippen LogP contribution in [0.2, 0.25) is 0 Å². The summed E-state index contributed by atoms with van der Waals surface area (Å²) >= 11 is 0. The molecule has 0 saturated carbocycles. The minimum Gasteiger partial charge on any atom is -0.408 e. The van der Waals surface area contributed by atoms with Gasteiger partial charge in [0.1, 0.15) is 6.04 Å². The monoisotopic (exact) mass is 376 g/mol. The lowest BCUT2D eigenvalue weighted by molar-refractivity contribution is -0.124. The number of fused-ring (bicyclic) bond motifs is 1. The summed E-state index contributed by atoms with van der Waals surface area (Å²) in [6.45, 7) is 2.77. The van der Waals surface area contributed by atoms with Crippen molar-refractivity contribution >= 4 is 17.0 Å². The summed E-state index contributed by atoms with van der Waals surface area (Å²) in [5.74, 6) is -0.777. The van der Waals surface area contributed by atoms with Crippen LogP contribution in [0, 0.1) is 0 Å². The largest absolute Gasteiger partial charge is 0.420 e. The maximum Gasteiger partial charge on any atom is 0.420 e. The van der Waals surface area contributed by atoms with Gasteiger partial charge in [-0.2, -0.15) is 5.10 Å². The molecule has 0 aliphatic rings. The number of aromatic nitrogens is 3. The molecule has 2 heterocycles. The molecule has 7 heteroatoms. The number of hydrogen-bond donors (Lipinski definition) is 1. The molecule has 0 radical (unpaired) electrons. The molecule has 7 nitrogen and oxygen atoms in total. The van der Waals surface area contributed by atoms with Crippen LogP contribution in [0.3, 0.4) is 0 Å².